The zero-order chi connectivity index (χ0) is 19.6. The maximum Gasteiger partial charge on any atom is 0.244 e. The van der Waals surface area contributed by atoms with Crippen LogP contribution >= 0.6 is 0 Å². The molecule has 9 heteroatoms. The van der Waals surface area contributed by atoms with Crippen molar-refractivity contribution < 1.29 is 12.9 Å². The Labute approximate surface area is 163 Å². The highest BCUT2D eigenvalue weighted by Crippen LogP contribution is 2.33. The van der Waals surface area contributed by atoms with Crippen molar-refractivity contribution in [3.8, 4) is 11.4 Å². The van der Waals surface area contributed by atoms with E-state index in [2.05, 4.69) is 36.9 Å². The van der Waals surface area contributed by atoms with Gasteiger partial charge in [-0.15, -0.1) is 0 Å². The summed E-state index contributed by atoms with van der Waals surface area (Å²) in [5, 5.41) is 4.09. The van der Waals surface area contributed by atoms with Crippen molar-refractivity contribution in [1.29, 1.82) is 0 Å². The van der Waals surface area contributed by atoms with Gasteiger partial charge in [0.05, 0.1) is 12.3 Å². The number of nitrogens with zero attached hydrogens (tertiary/aromatic N) is 4. The van der Waals surface area contributed by atoms with E-state index in [0.29, 0.717) is 17.3 Å². The number of rotatable bonds is 6. The lowest BCUT2D eigenvalue weighted by atomic mass is 10.2. The number of aromatic nitrogens is 3. The summed E-state index contributed by atoms with van der Waals surface area (Å²) in [4.78, 5) is 10.9. The Balaban J connectivity index is 1.53. The first-order valence-electron chi connectivity index (χ1n) is 9.04. The number of hydrogen-bond donors (Lipinski definition) is 1. The normalized spacial score (nSPS) is 17.7. The molecule has 3 aromatic rings. The molecule has 28 heavy (non-hydrogen) atoms. The van der Waals surface area contributed by atoms with Gasteiger partial charge in [-0.2, -0.15) is 4.98 Å². The van der Waals surface area contributed by atoms with Gasteiger partial charge in [-0.25, -0.2) is 13.4 Å². The van der Waals surface area contributed by atoms with Crippen molar-refractivity contribution >= 4 is 15.8 Å². The largest absolute Gasteiger partial charge is 0.337 e. The molecule has 0 radical (unpaired) electrons. The van der Waals surface area contributed by atoms with Crippen LogP contribution in [0, 0.1) is 0 Å². The van der Waals surface area contributed by atoms with Crippen LogP contribution in [0.3, 0.4) is 0 Å². The summed E-state index contributed by atoms with van der Waals surface area (Å²) in [6, 6.07) is 13.7. The molecule has 146 valence electrons. The number of benzene rings is 1. The molecule has 0 aliphatic carbocycles. The van der Waals surface area contributed by atoms with Crippen LogP contribution in [0.15, 0.2) is 53.2 Å². The van der Waals surface area contributed by atoms with Crippen molar-refractivity contribution in [2.75, 3.05) is 17.5 Å². The second-order valence-corrected chi connectivity index (χ2v) is 8.62. The smallest absolute Gasteiger partial charge is 0.244 e. The van der Waals surface area contributed by atoms with Crippen molar-refractivity contribution in [2.45, 2.75) is 25.4 Å². The summed E-state index contributed by atoms with van der Waals surface area (Å²) >= 11 is 0. The summed E-state index contributed by atoms with van der Waals surface area (Å²) in [6.07, 6.45) is 4.63. The van der Waals surface area contributed by atoms with Crippen LogP contribution in [-0.2, 0) is 16.6 Å². The van der Waals surface area contributed by atoms with Gasteiger partial charge in [-0.3, -0.25) is 9.62 Å². The lowest BCUT2D eigenvalue weighted by Gasteiger charge is -2.21. The monoisotopic (exact) mass is 399 g/mol. The van der Waals surface area contributed by atoms with Crippen LogP contribution < -0.4 is 4.72 Å². The fraction of sp³-hybridized carbons (Fsp3) is 0.316. The number of pyridine rings is 1. The first-order valence-corrected chi connectivity index (χ1v) is 10.9. The zero-order valence-corrected chi connectivity index (χ0v) is 16.3. The Morgan fingerprint density at radius 2 is 2.07 bits per heavy atom. The minimum Gasteiger partial charge on any atom is -0.337 e. The highest BCUT2D eigenvalue weighted by atomic mass is 32.2. The van der Waals surface area contributed by atoms with Crippen molar-refractivity contribution in [2.24, 2.45) is 0 Å². The van der Waals surface area contributed by atoms with E-state index in [1.165, 1.54) is 11.8 Å². The van der Waals surface area contributed by atoms with Crippen molar-refractivity contribution in [3.05, 3.63) is 60.1 Å². The average molecular weight is 399 g/mol. The molecule has 4 rings (SSSR count). The molecule has 2 aromatic heterocycles. The molecule has 1 saturated heterocycles. The van der Waals surface area contributed by atoms with Gasteiger partial charge < -0.3 is 4.52 Å². The van der Waals surface area contributed by atoms with Crippen LogP contribution in [0.5, 0.6) is 0 Å². The van der Waals surface area contributed by atoms with E-state index < -0.39 is 10.0 Å². The Morgan fingerprint density at radius 1 is 1.25 bits per heavy atom. The van der Waals surface area contributed by atoms with E-state index in [1.807, 2.05) is 18.2 Å². The van der Waals surface area contributed by atoms with Crippen LogP contribution in [-0.4, -0.2) is 41.2 Å². The molecule has 0 unspecified atom stereocenters. The van der Waals surface area contributed by atoms with Gasteiger partial charge >= 0.3 is 0 Å². The van der Waals surface area contributed by atoms with Crippen LogP contribution in [0.2, 0.25) is 0 Å². The van der Waals surface area contributed by atoms with Crippen molar-refractivity contribution in [1.82, 2.24) is 20.0 Å². The van der Waals surface area contributed by atoms with Gasteiger partial charge in [-0.05, 0) is 37.1 Å². The van der Waals surface area contributed by atoms with E-state index in [0.717, 1.165) is 32.2 Å². The minimum absolute atomic E-state index is 0.0805. The summed E-state index contributed by atoms with van der Waals surface area (Å²) in [7, 11) is -3.40. The molecule has 0 amide bonds. The van der Waals surface area contributed by atoms with Crippen molar-refractivity contribution in [3.63, 3.8) is 0 Å². The lowest BCUT2D eigenvalue weighted by Crippen LogP contribution is -2.22. The lowest BCUT2D eigenvalue weighted by molar-refractivity contribution is 0.201. The highest BCUT2D eigenvalue weighted by Gasteiger charge is 2.30. The molecular formula is C19H21N5O3S. The summed E-state index contributed by atoms with van der Waals surface area (Å²) in [5.41, 5.74) is 1.89. The topological polar surface area (TPSA) is 101 Å². The Bertz CT molecular complexity index is 1050. The van der Waals surface area contributed by atoms with E-state index in [9.17, 15) is 8.42 Å². The second-order valence-electron chi connectivity index (χ2n) is 6.87. The predicted octanol–water partition coefficient (Wildman–Crippen LogP) is 2.84. The van der Waals surface area contributed by atoms with E-state index in [-0.39, 0.29) is 11.9 Å². The van der Waals surface area contributed by atoms with Gasteiger partial charge in [0.2, 0.25) is 21.7 Å². The number of anilines is 1. The van der Waals surface area contributed by atoms with E-state index >= 15 is 0 Å². The van der Waals surface area contributed by atoms with Gasteiger partial charge in [0.15, 0.2) is 0 Å². The predicted molar refractivity (Wildman–Crippen MR) is 105 cm³/mol. The molecule has 1 aliphatic rings. The number of sulfonamides is 1. The number of hydrogen-bond acceptors (Lipinski definition) is 7. The van der Waals surface area contributed by atoms with Crippen LogP contribution in [0.25, 0.3) is 11.4 Å². The zero-order valence-electron chi connectivity index (χ0n) is 15.4. The Hall–Kier alpha value is -2.78. The molecule has 8 nitrogen and oxygen atoms in total. The fourth-order valence-corrected chi connectivity index (χ4v) is 3.91. The maximum absolute atomic E-state index is 11.4. The van der Waals surface area contributed by atoms with Gasteiger partial charge in [0, 0.05) is 18.3 Å². The first-order chi connectivity index (χ1) is 13.5. The van der Waals surface area contributed by atoms with E-state index in [1.54, 1.807) is 12.1 Å². The Kier molecular flexibility index (Phi) is 5.10. The molecule has 1 fully saturated rings. The molecule has 1 aromatic carbocycles. The third kappa shape index (κ3) is 4.37. The first kappa shape index (κ1) is 18.6. The summed E-state index contributed by atoms with van der Waals surface area (Å²) in [6.45, 7) is 1.82. The molecule has 1 aliphatic heterocycles. The third-order valence-corrected chi connectivity index (χ3v) is 5.21. The third-order valence-electron chi connectivity index (χ3n) is 4.63. The molecule has 1 N–H and O–H groups in total. The molecular weight excluding hydrogens is 378 g/mol. The van der Waals surface area contributed by atoms with Gasteiger partial charge in [-0.1, -0.05) is 35.5 Å². The molecule has 3 heterocycles. The molecule has 1 atom stereocenters. The van der Waals surface area contributed by atoms with Crippen LogP contribution in [0.4, 0.5) is 5.82 Å². The molecule has 0 spiro atoms. The quantitative estimate of drug-likeness (QED) is 0.680. The maximum atomic E-state index is 11.4. The number of nitrogens with one attached hydrogen (secondary N) is 1. The standard InChI is InChI=1S/C19H21N5O3S/c1-28(25,26)23-17-12-15(9-10-20-17)18-21-19(27-22-18)16-8-5-11-24(16)13-14-6-3-2-4-7-14/h2-4,6-7,9-10,12,16H,5,8,11,13H2,1H3,(H,20,23)/t16-/m0/s1. The second kappa shape index (κ2) is 7.69. The van der Waals surface area contributed by atoms with E-state index in [4.69, 9.17) is 4.52 Å². The summed E-state index contributed by atoms with van der Waals surface area (Å²) < 4.78 is 30.7. The van der Waals surface area contributed by atoms with Gasteiger partial charge in [0.25, 0.3) is 0 Å². The molecule has 0 bridgehead atoms. The van der Waals surface area contributed by atoms with Crippen LogP contribution in [0.1, 0.15) is 30.3 Å². The SMILES string of the molecule is CS(=O)(=O)Nc1cc(-c2noc([C@@H]3CCCN3Cc3ccccc3)n2)ccn1. The Morgan fingerprint density at radius 3 is 2.86 bits per heavy atom. The molecule has 0 saturated carbocycles. The summed E-state index contributed by atoms with van der Waals surface area (Å²) in [5.74, 6) is 1.22. The average Bonchev–Trinajstić information content (AvgIpc) is 3.30. The fourth-order valence-electron chi connectivity index (χ4n) is 3.42. The highest BCUT2D eigenvalue weighted by molar-refractivity contribution is 7.92. The number of likely N-dealkylation sites (tertiary alicyclic amines) is 1. The minimum atomic E-state index is -3.40. The van der Waals surface area contributed by atoms with Gasteiger partial charge in [0.1, 0.15) is 5.82 Å².